The molecule has 0 amide bonds. The highest BCUT2D eigenvalue weighted by atomic mass is 35.5. The SMILES string of the molecule is ClCc1ccccc1CCl. The summed E-state index contributed by atoms with van der Waals surface area (Å²) in [5.74, 6) is 1.09. The van der Waals surface area contributed by atoms with Gasteiger partial charge in [-0.1, -0.05) is 24.3 Å². The molecule has 2 heteroatoms. The standard InChI is InChI=1S/C8H8Cl2/c9-5-7-3-1-2-4-8(7)6-10/h1-4H,5-6H2. The molecule has 0 radical (unpaired) electrons. The van der Waals surface area contributed by atoms with Crippen LogP contribution in [-0.2, 0) is 11.8 Å². The number of alkyl halides is 2. The number of hydrogen-bond acceptors (Lipinski definition) is 0. The topological polar surface area (TPSA) is 0 Å². The Labute approximate surface area is 70.8 Å². The summed E-state index contributed by atoms with van der Waals surface area (Å²) in [6.45, 7) is 0. The number of halogens is 2. The first-order valence-corrected chi connectivity index (χ1v) is 4.14. The van der Waals surface area contributed by atoms with Gasteiger partial charge in [-0.05, 0) is 11.1 Å². The molecule has 1 aromatic rings. The maximum atomic E-state index is 5.65. The fraction of sp³-hybridized carbons (Fsp3) is 0.250. The van der Waals surface area contributed by atoms with E-state index in [-0.39, 0.29) is 0 Å². The van der Waals surface area contributed by atoms with E-state index in [2.05, 4.69) is 0 Å². The Morgan fingerprint density at radius 1 is 0.900 bits per heavy atom. The molecule has 0 saturated heterocycles. The van der Waals surface area contributed by atoms with Gasteiger partial charge in [0, 0.05) is 11.8 Å². The number of hydrogen-bond donors (Lipinski definition) is 0. The van der Waals surface area contributed by atoms with Crippen LogP contribution in [0.2, 0.25) is 0 Å². The predicted octanol–water partition coefficient (Wildman–Crippen LogP) is 3.16. The summed E-state index contributed by atoms with van der Waals surface area (Å²) >= 11 is 11.3. The van der Waals surface area contributed by atoms with Crippen LogP contribution >= 0.6 is 23.2 Å². The van der Waals surface area contributed by atoms with Crippen molar-refractivity contribution in [3.05, 3.63) is 35.4 Å². The smallest absolute Gasteiger partial charge is 0.0477 e. The van der Waals surface area contributed by atoms with Crippen molar-refractivity contribution in [3.8, 4) is 0 Å². The van der Waals surface area contributed by atoms with Crippen LogP contribution in [0, 0.1) is 0 Å². The molecule has 0 fully saturated rings. The Balaban J connectivity index is 2.96. The fourth-order valence-electron chi connectivity index (χ4n) is 0.818. The summed E-state index contributed by atoms with van der Waals surface area (Å²) in [5, 5.41) is 0. The quantitative estimate of drug-likeness (QED) is 0.605. The van der Waals surface area contributed by atoms with E-state index in [0.29, 0.717) is 11.8 Å². The Kier molecular flexibility index (Phi) is 3.04. The van der Waals surface area contributed by atoms with Crippen molar-refractivity contribution in [1.29, 1.82) is 0 Å². The molecule has 0 saturated carbocycles. The van der Waals surface area contributed by atoms with Gasteiger partial charge in [0.1, 0.15) is 0 Å². The molecule has 1 rings (SSSR count). The molecule has 0 nitrogen and oxygen atoms in total. The minimum absolute atomic E-state index is 0.545. The molecule has 0 atom stereocenters. The third-order valence-corrected chi connectivity index (χ3v) is 1.98. The second-order valence-electron chi connectivity index (χ2n) is 2.04. The molecule has 0 heterocycles. The van der Waals surface area contributed by atoms with Gasteiger partial charge in [0.25, 0.3) is 0 Å². The van der Waals surface area contributed by atoms with Crippen molar-refractivity contribution in [1.82, 2.24) is 0 Å². The molecule has 0 aliphatic carbocycles. The summed E-state index contributed by atoms with van der Waals surface area (Å²) in [6.07, 6.45) is 0. The minimum atomic E-state index is 0.545. The van der Waals surface area contributed by atoms with E-state index in [1.54, 1.807) is 0 Å². The molecule has 0 aliphatic rings. The highest BCUT2D eigenvalue weighted by Crippen LogP contribution is 2.12. The lowest BCUT2D eigenvalue weighted by Gasteiger charge is -2.00. The highest BCUT2D eigenvalue weighted by Gasteiger charge is 1.96. The molecular formula is C8H8Cl2. The third kappa shape index (κ3) is 1.65. The molecule has 0 spiro atoms. The van der Waals surface area contributed by atoms with E-state index in [4.69, 9.17) is 23.2 Å². The van der Waals surface area contributed by atoms with Crippen LogP contribution in [0.15, 0.2) is 24.3 Å². The van der Waals surface area contributed by atoms with E-state index >= 15 is 0 Å². The first-order chi connectivity index (χ1) is 4.88. The number of benzene rings is 1. The van der Waals surface area contributed by atoms with Gasteiger partial charge in [-0.3, -0.25) is 0 Å². The molecular weight excluding hydrogens is 167 g/mol. The average Bonchev–Trinajstić information content (AvgIpc) is 2.04. The molecule has 54 valence electrons. The van der Waals surface area contributed by atoms with Crippen molar-refractivity contribution in [2.45, 2.75) is 11.8 Å². The molecule has 0 aromatic heterocycles. The lowest BCUT2D eigenvalue weighted by atomic mass is 10.1. The summed E-state index contributed by atoms with van der Waals surface area (Å²) < 4.78 is 0. The van der Waals surface area contributed by atoms with E-state index in [1.165, 1.54) is 0 Å². The maximum absolute atomic E-state index is 5.65. The summed E-state index contributed by atoms with van der Waals surface area (Å²) in [5.41, 5.74) is 2.25. The summed E-state index contributed by atoms with van der Waals surface area (Å²) in [7, 11) is 0. The highest BCUT2D eigenvalue weighted by molar-refractivity contribution is 6.18. The lowest BCUT2D eigenvalue weighted by molar-refractivity contribution is 1.27. The van der Waals surface area contributed by atoms with Crippen LogP contribution in [-0.4, -0.2) is 0 Å². The molecule has 10 heavy (non-hydrogen) atoms. The molecule has 0 aliphatic heterocycles. The Bertz CT molecular complexity index is 185. The predicted molar refractivity (Wildman–Crippen MR) is 45.6 cm³/mol. The average molecular weight is 175 g/mol. The van der Waals surface area contributed by atoms with Gasteiger partial charge < -0.3 is 0 Å². The zero-order valence-electron chi connectivity index (χ0n) is 5.48. The second-order valence-corrected chi connectivity index (χ2v) is 2.57. The Morgan fingerprint density at radius 3 is 1.60 bits per heavy atom. The van der Waals surface area contributed by atoms with E-state index < -0.39 is 0 Å². The normalized spacial score (nSPS) is 9.80. The zero-order valence-corrected chi connectivity index (χ0v) is 6.99. The van der Waals surface area contributed by atoms with E-state index in [0.717, 1.165) is 11.1 Å². The maximum Gasteiger partial charge on any atom is 0.0477 e. The van der Waals surface area contributed by atoms with E-state index in [9.17, 15) is 0 Å². The van der Waals surface area contributed by atoms with Gasteiger partial charge in [0.15, 0.2) is 0 Å². The van der Waals surface area contributed by atoms with Gasteiger partial charge in [-0.15, -0.1) is 23.2 Å². The number of rotatable bonds is 2. The van der Waals surface area contributed by atoms with Crippen LogP contribution in [0.4, 0.5) is 0 Å². The zero-order chi connectivity index (χ0) is 7.40. The fourth-order valence-corrected chi connectivity index (χ4v) is 1.34. The summed E-state index contributed by atoms with van der Waals surface area (Å²) in [6, 6.07) is 7.91. The second kappa shape index (κ2) is 3.85. The van der Waals surface area contributed by atoms with Crippen LogP contribution in [0.3, 0.4) is 0 Å². The van der Waals surface area contributed by atoms with E-state index in [1.807, 2.05) is 24.3 Å². The van der Waals surface area contributed by atoms with Crippen molar-refractivity contribution in [2.24, 2.45) is 0 Å². The largest absolute Gasteiger partial charge is 0.122 e. The van der Waals surface area contributed by atoms with Crippen molar-refractivity contribution in [2.75, 3.05) is 0 Å². The minimum Gasteiger partial charge on any atom is -0.122 e. The van der Waals surface area contributed by atoms with Crippen LogP contribution in [0.5, 0.6) is 0 Å². The first kappa shape index (κ1) is 7.90. The van der Waals surface area contributed by atoms with Crippen LogP contribution < -0.4 is 0 Å². The summed E-state index contributed by atoms with van der Waals surface area (Å²) in [4.78, 5) is 0. The van der Waals surface area contributed by atoms with Gasteiger partial charge in [0.2, 0.25) is 0 Å². The first-order valence-electron chi connectivity index (χ1n) is 3.07. The Morgan fingerprint density at radius 2 is 1.30 bits per heavy atom. The monoisotopic (exact) mass is 174 g/mol. The van der Waals surface area contributed by atoms with Gasteiger partial charge in [-0.2, -0.15) is 0 Å². The molecule has 0 unspecified atom stereocenters. The van der Waals surface area contributed by atoms with Crippen molar-refractivity contribution in [3.63, 3.8) is 0 Å². The third-order valence-electron chi connectivity index (χ3n) is 1.41. The van der Waals surface area contributed by atoms with Gasteiger partial charge in [-0.25, -0.2) is 0 Å². The van der Waals surface area contributed by atoms with Gasteiger partial charge in [0.05, 0.1) is 0 Å². The van der Waals surface area contributed by atoms with Crippen LogP contribution in [0.1, 0.15) is 11.1 Å². The Hall–Kier alpha value is -0.200. The molecule has 0 N–H and O–H groups in total. The van der Waals surface area contributed by atoms with Gasteiger partial charge >= 0.3 is 0 Å². The van der Waals surface area contributed by atoms with Crippen LogP contribution in [0.25, 0.3) is 0 Å². The lowest BCUT2D eigenvalue weighted by Crippen LogP contribution is -1.85. The molecule has 0 bridgehead atoms. The van der Waals surface area contributed by atoms with Crippen molar-refractivity contribution < 1.29 is 0 Å². The van der Waals surface area contributed by atoms with Crippen molar-refractivity contribution >= 4 is 23.2 Å². The molecule has 1 aromatic carbocycles.